The lowest BCUT2D eigenvalue weighted by Gasteiger charge is -2.36. The summed E-state index contributed by atoms with van der Waals surface area (Å²) in [6.07, 6.45) is 3.89. The van der Waals surface area contributed by atoms with Crippen molar-refractivity contribution in [3.63, 3.8) is 0 Å². The third-order valence-electron chi connectivity index (χ3n) is 6.90. The van der Waals surface area contributed by atoms with Crippen molar-refractivity contribution in [3.8, 4) is 5.75 Å². The molecule has 0 aliphatic carbocycles. The minimum atomic E-state index is -1.18. The first kappa shape index (κ1) is 24.1. The van der Waals surface area contributed by atoms with Gasteiger partial charge in [-0.2, -0.15) is 0 Å². The van der Waals surface area contributed by atoms with E-state index in [1.807, 2.05) is 70.2 Å². The molecule has 2 radical (unpaired) electrons. The monoisotopic (exact) mass is 426 g/mol. The second-order valence-corrected chi connectivity index (χ2v) is 9.05. The van der Waals surface area contributed by atoms with Crippen LogP contribution in [-0.4, -0.2) is 18.5 Å². The Labute approximate surface area is 194 Å². The predicted octanol–water partition coefficient (Wildman–Crippen LogP) is 6.95. The number of fused-ring (bicyclic) bond motifs is 3. The third-order valence-corrected chi connectivity index (χ3v) is 6.90. The second kappa shape index (κ2) is 8.44. The van der Waals surface area contributed by atoms with Crippen LogP contribution in [0.15, 0.2) is 36.4 Å². The molecule has 0 amide bonds. The van der Waals surface area contributed by atoms with Gasteiger partial charge in [0.1, 0.15) is 19.2 Å². The van der Waals surface area contributed by atoms with E-state index < -0.39 is 11.1 Å². The summed E-state index contributed by atoms with van der Waals surface area (Å²) in [5.74, 6) is 0.762. The normalized spacial score (nSPS) is 18.9. The van der Waals surface area contributed by atoms with Crippen molar-refractivity contribution in [2.24, 2.45) is 0 Å². The predicted molar refractivity (Wildman–Crippen MR) is 138 cm³/mol. The smallest absolute Gasteiger partial charge is 0.137 e. The zero-order valence-electron chi connectivity index (χ0n) is 21.0. The van der Waals surface area contributed by atoms with Crippen molar-refractivity contribution >= 4 is 24.7 Å². The molecule has 2 unspecified atom stereocenters. The van der Waals surface area contributed by atoms with Crippen LogP contribution in [0.25, 0.3) is 16.8 Å². The van der Waals surface area contributed by atoms with Crippen molar-refractivity contribution in [3.05, 3.63) is 80.9 Å². The van der Waals surface area contributed by atoms with Gasteiger partial charge in [-0.3, -0.25) is 0 Å². The highest BCUT2D eigenvalue weighted by atomic mass is 16.5. The Morgan fingerprint density at radius 2 is 1.38 bits per heavy atom. The van der Waals surface area contributed by atoms with Gasteiger partial charge in [0.15, 0.2) is 0 Å². The quantitative estimate of drug-likeness (QED) is 0.449. The SMILES string of the molecule is CC.[B]C1(C)C=Cc2c(C(C)(O)c3ccccc3)c(C)c3c(C)c(C)c(C)c(C)c3c2O1. The van der Waals surface area contributed by atoms with Gasteiger partial charge >= 0.3 is 0 Å². The first-order valence-electron chi connectivity index (χ1n) is 11.5. The van der Waals surface area contributed by atoms with Gasteiger partial charge in [0.25, 0.3) is 0 Å². The van der Waals surface area contributed by atoms with Crippen LogP contribution in [0.4, 0.5) is 0 Å². The Bertz CT molecular complexity index is 1200. The van der Waals surface area contributed by atoms with Crippen LogP contribution < -0.4 is 4.74 Å². The first-order chi connectivity index (χ1) is 15.0. The molecule has 3 aromatic rings. The van der Waals surface area contributed by atoms with E-state index in [4.69, 9.17) is 12.6 Å². The Kier molecular flexibility index (Phi) is 6.37. The summed E-state index contributed by atoms with van der Waals surface area (Å²) in [5, 5.41) is 14.1. The maximum atomic E-state index is 11.8. The highest BCUT2D eigenvalue weighted by Crippen LogP contribution is 2.49. The molecular formula is C29H35BO2. The number of aryl methyl sites for hydroxylation is 3. The molecule has 3 aromatic carbocycles. The van der Waals surface area contributed by atoms with Gasteiger partial charge in [-0.25, -0.2) is 0 Å². The molecule has 0 saturated heterocycles. The second-order valence-electron chi connectivity index (χ2n) is 9.05. The third kappa shape index (κ3) is 3.67. The van der Waals surface area contributed by atoms with E-state index in [0.29, 0.717) is 0 Å². The molecule has 1 N–H and O–H groups in total. The first-order valence-corrected chi connectivity index (χ1v) is 11.5. The lowest BCUT2D eigenvalue weighted by Crippen LogP contribution is -2.34. The van der Waals surface area contributed by atoms with Crippen molar-refractivity contribution in [2.45, 2.75) is 73.4 Å². The molecule has 0 saturated carbocycles. The zero-order valence-corrected chi connectivity index (χ0v) is 21.0. The van der Waals surface area contributed by atoms with Gasteiger partial charge in [0, 0.05) is 16.5 Å². The molecule has 0 aromatic heterocycles. The molecule has 3 heteroatoms. The van der Waals surface area contributed by atoms with Crippen molar-refractivity contribution in [2.75, 3.05) is 0 Å². The summed E-state index contributed by atoms with van der Waals surface area (Å²) in [6, 6.07) is 9.81. The molecule has 0 bridgehead atoms. The van der Waals surface area contributed by atoms with Crippen LogP contribution in [0.2, 0.25) is 0 Å². The topological polar surface area (TPSA) is 29.5 Å². The number of rotatable bonds is 2. The fourth-order valence-corrected chi connectivity index (χ4v) is 4.94. The zero-order chi connectivity index (χ0) is 24.0. The molecule has 2 nitrogen and oxygen atoms in total. The minimum Gasteiger partial charge on any atom is -0.492 e. The van der Waals surface area contributed by atoms with Crippen LogP contribution in [0, 0.1) is 34.6 Å². The molecule has 0 fully saturated rings. The molecule has 0 spiro atoms. The van der Waals surface area contributed by atoms with Gasteiger partial charge in [0.05, 0.1) is 5.50 Å². The van der Waals surface area contributed by atoms with E-state index in [2.05, 4.69) is 34.6 Å². The average Bonchev–Trinajstić information content (AvgIpc) is 2.77. The number of hydrogen-bond acceptors (Lipinski definition) is 2. The van der Waals surface area contributed by atoms with Crippen molar-refractivity contribution in [1.29, 1.82) is 0 Å². The fraction of sp³-hybridized carbons (Fsp3) is 0.379. The molecule has 32 heavy (non-hydrogen) atoms. The van der Waals surface area contributed by atoms with Gasteiger partial charge in [-0.15, -0.1) is 0 Å². The maximum Gasteiger partial charge on any atom is 0.137 e. The molecule has 4 rings (SSSR count). The maximum absolute atomic E-state index is 11.8. The van der Waals surface area contributed by atoms with Crippen LogP contribution in [-0.2, 0) is 5.60 Å². The highest BCUT2D eigenvalue weighted by molar-refractivity contribution is 6.17. The Hall–Kier alpha value is -2.52. The summed E-state index contributed by atoms with van der Waals surface area (Å²) >= 11 is 0. The van der Waals surface area contributed by atoms with Crippen LogP contribution in [0.1, 0.15) is 72.2 Å². The highest BCUT2D eigenvalue weighted by Gasteiger charge is 2.36. The van der Waals surface area contributed by atoms with Crippen LogP contribution in [0.3, 0.4) is 0 Å². The van der Waals surface area contributed by atoms with Crippen molar-refractivity contribution < 1.29 is 9.84 Å². The number of aliphatic hydroxyl groups is 1. The van der Waals surface area contributed by atoms with E-state index in [0.717, 1.165) is 38.8 Å². The molecule has 1 aliphatic rings. The van der Waals surface area contributed by atoms with E-state index in [1.54, 1.807) is 0 Å². The minimum absolute atomic E-state index is 0.762. The Morgan fingerprint density at radius 1 is 0.844 bits per heavy atom. The van der Waals surface area contributed by atoms with Gasteiger partial charge < -0.3 is 9.84 Å². The van der Waals surface area contributed by atoms with Gasteiger partial charge in [0.2, 0.25) is 0 Å². The van der Waals surface area contributed by atoms with Gasteiger partial charge in [-0.05, 0) is 87.2 Å². The Balaban J connectivity index is 0.00000141. The number of hydrogen-bond donors (Lipinski definition) is 1. The standard InChI is InChI=1S/C27H29BO2.C2H6/c1-15-16(2)18(4)23-22(17(15)3)19(5)24(21-13-14-26(6,28)30-25(21)23)27(7,29)20-11-9-8-10-12-20;1-2/h8-14,29H,1-7H3;1-2H3. The summed E-state index contributed by atoms with van der Waals surface area (Å²) in [5.41, 5.74) is 6.58. The fourth-order valence-electron chi connectivity index (χ4n) is 4.94. The van der Waals surface area contributed by atoms with Crippen LogP contribution in [0.5, 0.6) is 5.75 Å². The number of ether oxygens (including phenoxy) is 1. The van der Waals surface area contributed by atoms with Crippen molar-refractivity contribution in [1.82, 2.24) is 0 Å². The average molecular weight is 426 g/mol. The molecule has 1 aliphatic heterocycles. The molecule has 166 valence electrons. The summed E-state index contributed by atoms with van der Waals surface area (Å²) in [6.45, 7) is 18.5. The molecular weight excluding hydrogens is 391 g/mol. The van der Waals surface area contributed by atoms with Crippen LogP contribution >= 0.6 is 0 Å². The van der Waals surface area contributed by atoms with Gasteiger partial charge in [-0.1, -0.05) is 56.3 Å². The van der Waals surface area contributed by atoms with E-state index in [-0.39, 0.29) is 0 Å². The summed E-state index contributed by atoms with van der Waals surface area (Å²) in [7, 11) is 6.38. The molecule has 1 heterocycles. The lowest BCUT2D eigenvalue weighted by molar-refractivity contribution is 0.101. The van der Waals surface area contributed by atoms with E-state index in [1.165, 1.54) is 22.3 Å². The largest absolute Gasteiger partial charge is 0.492 e. The molecule has 2 atom stereocenters. The Morgan fingerprint density at radius 3 is 1.94 bits per heavy atom. The number of benzene rings is 3. The summed E-state index contributed by atoms with van der Waals surface area (Å²) < 4.78 is 6.37. The lowest BCUT2D eigenvalue weighted by atomic mass is 9.75. The van der Waals surface area contributed by atoms with E-state index in [9.17, 15) is 5.11 Å². The summed E-state index contributed by atoms with van der Waals surface area (Å²) in [4.78, 5) is 0. The van der Waals surface area contributed by atoms with E-state index >= 15 is 0 Å².